The highest BCUT2D eigenvalue weighted by Crippen LogP contribution is 2.28. The van der Waals surface area contributed by atoms with Crippen LogP contribution in [0.5, 0.6) is 0 Å². The van der Waals surface area contributed by atoms with Gasteiger partial charge in [-0.25, -0.2) is 4.79 Å². The third-order valence-corrected chi connectivity index (χ3v) is 4.00. The number of hydrogen-bond donors (Lipinski definition) is 2. The van der Waals surface area contributed by atoms with Crippen molar-refractivity contribution in [1.82, 2.24) is 0 Å². The summed E-state index contributed by atoms with van der Waals surface area (Å²) < 4.78 is 10.2. The summed E-state index contributed by atoms with van der Waals surface area (Å²) in [6.45, 7) is -0.927. The molecule has 0 unspecified atom stereocenters. The molecule has 5 nitrogen and oxygen atoms in total. The molecule has 0 radical (unpaired) electrons. The highest BCUT2D eigenvalue weighted by Gasteiger charge is 2.23. The van der Waals surface area contributed by atoms with E-state index in [0.717, 1.165) is 0 Å². The molecule has 0 aliphatic carbocycles. The van der Waals surface area contributed by atoms with Crippen LogP contribution in [0.25, 0.3) is 0 Å². The molecule has 0 fully saturated rings. The minimum absolute atomic E-state index is 0.356. The van der Waals surface area contributed by atoms with Crippen molar-refractivity contribution in [2.24, 2.45) is 0 Å². The number of ether oxygens (including phenoxy) is 2. The van der Waals surface area contributed by atoms with Crippen molar-refractivity contribution in [3.05, 3.63) is 69.7 Å². The largest absolute Gasteiger partial charge is 0.509 e. The van der Waals surface area contributed by atoms with Crippen LogP contribution in [0.15, 0.2) is 48.5 Å². The lowest BCUT2D eigenvalue weighted by Crippen LogP contribution is -2.20. The van der Waals surface area contributed by atoms with Crippen LogP contribution in [-0.2, 0) is 9.47 Å². The van der Waals surface area contributed by atoms with E-state index in [-0.39, 0.29) is 0 Å². The Balaban J connectivity index is 2.08. The van der Waals surface area contributed by atoms with Crippen molar-refractivity contribution in [2.75, 3.05) is 13.2 Å². The smallest absolute Gasteiger partial charge is 0.424 e. The average Bonchev–Trinajstić information content (AvgIpc) is 2.59. The second-order valence-electron chi connectivity index (χ2n) is 4.87. The predicted octanol–water partition coefficient (Wildman–Crippen LogP) is 3.91. The van der Waals surface area contributed by atoms with Crippen molar-refractivity contribution < 1.29 is 24.5 Å². The van der Waals surface area contributed by atoms with Gasteiger partial charge in [0, 0.05) is 21.2 Å². The molecule has 2 aromatic rings. The maximum atomic E-state index is 12.0. The Hall–Kier alpha value is -1.79. The van der Waals surface area contributed by atoms with Crippen LogP contribution in [0.4, 0.5) is 4.79 Å². The van der Waals surface area contributed by atoms with Crippen molar-refractivity contribution in [3.8, 4) is 0 Å². The molecule has 2 aromatic carbocycles. The van der Waals surface area contributed by atoms with E-state index in [4.69, 9.17) is 32.7 Å². The Morgan fingerprint density at radius 2 is 1.21 bits per heavy atom. The van der Waals surface area contributed by atoms with Crippen LogP contribution in [0.2, 0.25) is 10.0 Å². The average molecular weight is 371 g/mol. The molecule has 0 saturated heterocycles. The van der Waals surface area contributed by atoms with Gasteiger partial charge in [-0.1, -0.05) is 59.6 Å². The highest BCUT2D eigenvalue weighted by molar-refractivity contribution is 6.31. The van der Waals surface area contributed by atoms with Gasteiger partial charge in [0.1, 0.15) is 0 Å². The summed E-state index contributed by atoms with van der Waals surface area (Å²) in [6, 6.07) is 13.4. The predicted molar refractivity (Wildman–Crippen MR) is 90.1 cm³/mol. The summed E-state index contributed by atoms with van der Waals surface area (Å²) in [5.41, 5.74) is 0.911. The van der Waals surface area contributed by atoms with Gasteiger partial charge in [-0.3, -0.25) is 0 Å². The zero-order valence-electron chi connectivity index (χ0n) is 12.6. The molecule has 24 heavy (non-hydrogen) atoms. The van der Waals surface area contributed by atoms with Gasteiger partial charge in [-0.15, -0.1) is 0 Å². The number of aliphatic hydroxyl groups excluding tert-OH is 2. The molecular weight excluding hydrogens is 355 g/mol. The summed E-state index contributed by atoms with van der Waals surface area (Å²) in [7, 11) is 0. The zero-order chi connectivity index (χ0) is 17.5. The van der Waals surface area contributed by atoms with Gasteiger partial charge in [-0.05, 0) is 12.1 Å². The molecule has 0 saturated carbocycles. The van der Waals surface area contributed by atoms with Crippen LogP contribution in [-0.4, -0.2) is 29.6 Å². The van der Waals surface area contributed by atoms with Crippen LogP contribution in [0.1, 0.15) is 23.3 Å². The van der Waals surface area contributed by atoms with Crippen molar-refractivity contribution in [1.29, 1.82) is 0 Å². The van der Waals surface area contributed by atoms with Crippen LogP contribution >= 0.6 is 23.2 Å². The number of aliphatic hydroxyl groups is 2. The van der Waals surface area contributed by atoms with E-state index in [0.29, 0.717) is 21.2 Å². The molecule has 0 aromatic heterocycles. The molecule has 0 amide bonds. The third-order valence-electron chi connectivity index (χ3n) is 3.31. The van der Waals surface area contributed by atoms with Crippen LogP contribution in [0.3, 0.4) is 0 Å². The lowest BCUT2D eigenvalue weighted by Gasteiger charge is -2.20. The van der Waals surface area contributed by atoms with Crippen LogP contribution in [0, 0.1) is 0 Å². The summed E-state index contributed by atoms with van der Waals surface area (Å²) in [4.78, 5) is 12.0. The topological polar surface area (TPSA) is 76.0 Å². The van der Waals surface area contributed by atoms with Gasteiger partial charge in [0.25, 0.3) is 0 Å². The van der Waals surface area contributed by atoms with Gasteiger partial charge >= 0.3 is 6.16 Å². The highest BCUT2D eigenvalue weighted by atomic mass is 35.5. The number of carbonyl (C=O) groups is 1. The third kappa shape index (κ3) is 4.61. The van der Waals surface area contributed by atoms with E-state index < -0.39 is 31.6 Å². The number of rotatable bonds is 6. The standard InChI is InChI=1S/C17H16Cl2O5/c18-13-7-3-1-5-11(13)15(9-20)23-17(22)24-16(10-21)12-6-2-4-8-14(12)19/h1-8,15-16,20-21H,9-10H2/t15-,16-/m1/s1. The van der Waals surface area contributed by atoms with Crippen molar-refractivity contribution in [2.45, 2.75) is 12.2 Å². The lowest BCUT2D eigenvalue weighted by molar-refractivity contribution is -0.0307. The fourth-order valence-electron chi connectivity index (χ4n) is 2.13. The first kappa shape index (κ1) is 18.5. The molecule has 7 heteroatoms. The van der Waals surface area contributed by atoms with Crippen LogP contribution < -0.4 is 0 Å². The number of halogens is 2. The summed E-state index contributed by atoms with van der Waals surface area (Å²) in [5.74, 6) is 0. The minimum Gasteiger partial charge on any atom is -0.424 e. The Kier molecular flexibility index (Phi) is 6.87. The molecule has 0 aliphatic rings. The summed E-state index contributed by atoms with van der Waals surface area (Å²) in [6.07, 6.45) is -3.00. The van der Waals surface area contributed by atoms with E-state index >= 15 is 0 Å². The number of benzene rings is 2. The Morgan fingerprint density at radius 1 is 0.833 bits per heavy atom. The van der Waals surface area contributed by atoms with E-state index in [1.54, 1.807) is 48.5 Å². The minimum atomic E-state index is -1.05. The first-order valence-electron chi connectivity index (χ1n) is 7.14. The summed E-state index contributed by atoms with van der Waals surface area (Å²) in [5, 5.41) is 19.6. The molecule has 2 rings (SSSR count). The molecule has 2 atom stereocenters. The van der Waals surface area contributed by atoms with Crippen molar-refractivity contribution in [3.63, 3.8) is 0 Å². The maximum absolute atomic E-state index is 12.0. The molecule has 2 N–H and O–H groups in total. The fourth-order valence-corrected chi connectivity index (χ4v) is 2.65. The Labute approximate surface area is 149 Å². The lowest BCUT2D eigenvalue weighted by atomic mass is 10.1. The van der Waals surface area contributed by atoms with E-state index in [1.807, 2.05) is 0 Å². The van der Waals surface area contributed by atoms with Gasteiger partial charge in [0.15, 0.2) is 12.2 Å². The molecule has 0 heterocycles. The molecule has 0 aliphatic heterocycles. The van der Waals surface area contributed by atoms with E-state index in [1.165, 1.54) is 0 Å². The Morgan fingerprint density at radius 3 is 1.54 bits per heavy atom. The first-order valence-corrected chi connectivity index (χ1v) is 7.90. The van der Waals surface area contributed by atoms with Gasteiger partial charge in [0.2, 0.25) is 0 Å². The SMILES string of the molecule is O=C(O[C@H](CO)c1ccccc1Cl)O[C@H](CO)c1ccccc1Cl. The maximum Gasteiger partial charge on any atom is 0.509 e. The quantitative estimate of drug-likeness (QED) is 0.753. The van der Waals surface area contributed by atoms with Crippen molar-refractivity contribution >= 4 is 29.4 Å². The zero-order valence-corrected chi connectivity index (χ0v) is 14.1. The first-order chi connectivity index (χ1) is 11.6. The fraction of sp³-hybridized carbons (Fsp3) is 0.235. The second kappa shape index (κ2) is 8.89. The van der Waals surface area contributed by atoms with Gasteiger partial charge in [0.05, 0.1) is 13.2 Å². The second-order valence-corrected chi connectivity index (χ2v) is 5.69. The molecular formula is C17H16Cl2O5. The van der Waals surface area contributed by atoms with Gasteiger partial charge in [-0.2, -0.15) is 0 Å². The molecule has 0 spiro atoms. The number of carbonyl (C=O) groups excluding carboxylic acids is 1. The molecule has 128 valence electrons. The Bertz CT molecular complexity index is 635. The summed E-state index contributed by atoms with van der Waals surface area (Å²) >= 11 is 12.1. The normalized spacial score (nSPS) is 13.2. The van der Waals surface area contributed by atoms with Gasteiger partial charge < -0.3 is 19.7 Å². The monoisotopic (exact) mass is 370 g/mol. The number of hydrogen-bond acceptors (Lipinski definition) is 5. The molecule has 0 bridgehead atoms. The van der Waals surface area contributed by atoms with E-state index in [9.17, 15) is 15.0 Å². The van der Waals surface area contributed by atoms with E-state index in [2.05, 4.69) is 0 Å².